The van der Waals surface area contributed by atoms with Gasteiger partial charge in [0.2, 0.25) is 0 Å². The molecule has 2 atom stereocenters. The maximum absolute atomic E-state index is 3.95. The van der Waals surface area contributed by atoms with Crippen LogP contribution in [-0.4, -0.2) is 6.04 Å². The minimum absolute atomic E-state index is 0.522. The van der Waals surface area contributed by atoms with Gasteiger partial charge in [0.15, 0.2) is 0 Å². The minimum atomic E-state index is 0.522. The highest BCUT2D eigenvalue weighted by Crippen LogP contribution is 2.52. The summed E-state index contributed by atoms with van der Waals surface area (Å²) in [6, 6.07) is 3.68. The first-order valence-corrected chi connectivity index (χ1v) is 8.75. The lowest BCUT2D eigenvalue weighted by atomic mass is 9.57. The molecule has 2 saturated carbocycles. The van der Waals surface area contributed by atoms with Crippen LogP contribution < -0.4 is 5.32 Å². The molecule has 1 aromatic heterocycles. The number of nitrogens with one attached hydrogen (secondary N) is 1. The molecule has 0 saturated heterocycles. The van der Waals surface area contributed by atoms with Crippen molar-refractivity contribution in [2.45, 2.75) is 77.8 Å². The molecule has 1 nitrogen and oxygen atoms in total. The van der Waals surface area contributed by atoms with Crippen molar-refractivity contribution in [2.24, 2.45) is 5.41 Å². The Bertz CT molecular complexity index is 442. The molecular formula is C17H27NS. The molecular weight excluding hydrogens is 250 g/mol. The lowest BCUT2D eigenvalue weighted by Crippen LogP contribution is -2.54. The zero-order valence-corrected chi connectivity index (χ0v) is 13.4. The summed E-state index contributed by atoms with van der Waals surface area (Å²) in [6.45, 7) is 6.84. The topological polar surface area (TPSA) is 12.0 Å². The van der Waals surface area contributed by atoms with Gasteiger partial charge in [-0.3, -0.25) is 0 Å². The lowest BCUT2D eigenvalue weighted by Gasteiger charge is -2.53. The molecule has 2 heteroatoms. The summed E-state index contributed by atoms with van der Waals surface area (Å²) in [5.74, 6) is 0. The summed E-state index contributed by atoms with van der Waals surface area (Å²) < 4.78 is 0. The van der Waals surface area contributed by atoms with E-state index in [4.69, 9.17) is 0 Å². The number of hydrogen-bond donors (Lipinski definition) is 1. The van der Waals surface area contributed by atoms with E-state index in [9.17, 15) is 0 Å². The van der Waals surface area contributed by atoms with Crippen LogP contribution in [0.2, 0.25) is 0 Å². The highest BCUT2D eigenvalue weighted by molar-refractivity contribution is 7.12. The van der Waals surface area contributed by atoms with Crippen molar-refractivity contribution >= 4 is 11.3 Å². The fraction of sp³-hybridized carbons (Fsp3) is 0.765. The smallest absolute Gasteiger partial charge is 0.0305 e. The Balaban J connectivity index is 1.66. The minimum Gasteiger partial charge on any atom is -0.307 e. The zero-order valence-electron chi connectivity index (χ0n) is 12.6. The summed E-state index contributed by atoms with van der Waals surface area (Å²) in [5, 5.41) is 3.95. The van der Waals surface area contributed by atoms with Gasteiger partial charge in [-0.2, -0.15) is 0 Å². The second kappa shape index (κ2) is 5.21. The first-order valence-electron chi connectivity index (χ1n) is 7.94. The van der Waals surface area contributed by atoms with Crippen molar-refractivity contribution < 1.29 is 0 Å². The van der Waals surface area contributed by atoms with Gasteiger partial charge in [-0.25, -0.2) is 0 Å². The van der Waals surface area contributed by atoms with Crippen LogP contribution in [0.5, 0.6) is 0 Å². The van der Waals surface area contributed by atoms with Gasteiger partial charge in [0.05, 0.1) is 0 Å². The molecule has 2 aliphatic carbocycles. The largest absolute Gasteiger partial charge is 0.307 e. The van der Waals surface area contributed by atoms with Crippen LogP contribution in [0.25, 0.3) is 0 Å². The molecule has 106 valence electrons. The maximum atomic E-state index is 3.95. The van der Waals surface area contributed by atoms with Gasteiger partial charge in [-0.15, -0.1) is 11.3 Å². The fourth-order valence-electron chi connectivity index (χ4n) is 4.28. The molecule has 0 amide bonds. The second-order valence-electron chi connectivity index (χ2n) is 6.77. The first kappa shape index (κ1) is 13.6. The van der Waals surface area contributed by atoms with Gasteiger partial charge in [0, 0.05) is 21.8 Å². The highest BCUT2D eigenvalue weighted by Gasteiger charge is 2.47. The van der Waals surface area contributed by atoms with E-state index in [0.717, 1.165) is 6.04 Å². The van der Waals surface area contributed by atoms with Crippen LogP contribution >= 0.6 is 11.3 Å². The van der Waals surface area contributed by atoms with E-state index in [1.165, 1.54) is 60.3 Å². The lowest BCUT2D eigenvalue weighted by molar-refractivity contribution is 0.0174. The Labute approximate surface area is 121 Å². The first-order chi connectivity index (χ1) is 9.11. The van der Waals surface area contributed by atoms with Gasteiger partial charge in [-0.1, -0.05) is 19.3 Å². The van der Waals surface area contributed by atoms with E-state index < -0.39 is 0 Å². The quantitative estimate of drug-likeness (QED) is 0.807. The van der Waals surface area contributed by atoms with E-state index in [2.05, 4.69) is 32.2 Å². The number of rotatable bonds is 3. The van der Waals surface area contributed by atoms with Crippen LogP contribution in [0.4, 0.5) is 0 Å². The van der Waals surface area contributed by atoms with Crippen LogP contribution in [0.1, 0.15) is 73.2 Å². The van der Waals surface area contributed by atoms with Gasteiger partial charge in [0.1, 0.15) is 0 Å². The second-order valence-corrected chi connectivity index (χ2v) is 8.23. The van der Waals surface area contributed by atoms with Crippen molar-refractivity contribution in [3.05, 3.63) is 21.4 Å². The Morgan fingerprint density at radius 2 is 1.95 bits per heavy atom. The van der Waals surface area contributed by atoms with Gasteiger partial charge >= 0.3 is 0 Å². The predicted octanol–water partition coefficient (Wildman–Crippen LogP) is 5.13. The Morgan fingerprint density at radius 3 is 2.47 bits per heavy atom. The summed E-state index contributed by atoms with van der Waals surface area (Å²) >= 11 is 1.94. The standard InChI is InChI=1S/C17H27NS/c1-12-11-15(14(3)19-12)13(2)18-16-7-10-17(16)8-5-4-6-9-17/h11,13,16,18H,4-10H2,1-3H3. The third-order valence-electron chi connectivity index (χ3n) is 5.52. The average molecular weight is 277 g/mol. The SMILES string of the molecule is Cc1cc(C(C)NC2CCC23CCCCC3)c(C)s1. The summed E-state index contributed by atoms with van der Waals surface area (Å²) in [6.07, 6.45) is 10.2. The summed E-state index contributed by atoms with van der Waals surface area (Å²) in [4.78, 5) is 2.94. The third kappa shape index (κ3) is 2.50. The maximum Gasteiger partial charge on any atom is 0.0305 e. The molecule has 0 bridgehead atoms. The van der Waals surface area contributed by atoms with Crippen molar-refractivity contribution in [1.29, 1.82) is 0 Å². The predicted molar refractivity (Wildman–Crippen MR) is 83.9 cm³/mol. The molecule has 2 fully saturated rings. The molecule has 0 aromatic carbocycles. The average Bonchev–Trinajstić information content (AvgIpc) is 2.74. The number of hydrogen-bond acceptors (Lipinski definition) is 2. The van der Waals surface area contributed by atoms with E-state index >= 15 is 0 Å². The van der Waals surface area contributed by atoms with E-state index in [-0.39, 0.29) is 0 Å². The van der Waals surface area contributed by atoms with Crippen molar-refractivity contribution in [3.8, 4) is 0 Å². The molecule has 19 heavy (non-hydrogen) atoms. The molecule has 2 unspecified atom stereocenters. The molecule has 2 aliphatic rings. The Hall–Kier alpha value is -0.340. The van der Waals surface area contributed by atoms with Crippen molar-refractivity contribution in [1.82, 2.24) is 5.32 Å². The normalized spacial score (nSPS) is 27.2. The monoisotopic (exact) mass is 277 g/mol. The van der Waals surface area contributed by atoms with E-state index in [1.807, 2.05) is 11.3 Å². The zero-order chi connectivity index (χ0) is 13.5. The molecule has 1 N–H and O–H groups in total. The summed E-state index contributed by atoms with van der Waals surface area (Å²) in [7, 11) is 0. The summed E-state index contributed by atoms with van der Waals surface area (Å²) in [5.41, 5.74) is 2.20. The molecule has 0 radical (unpaired) electrons. The van der Waals surface area contributed by atoms with Crippen LogP contribution in [0.15, 0.2) is 6.07 Å². The molecule has 0 aliphatic heterocycles. The van der Waals surface area contributed by atoms with Crippen LogP contribution in [0.3, 0.4) is 0 Å². The van der Waals surface area contributed by atoms with Crippen LogP contribution in [-0.2, 0) is 0 Å². The van der Waals surface area contributed by atoms with E-state index in [0.29, 0.717) is 11.5 Å². The molecule has 1 heterocycles. The Kier molecular flexibility index (Phi) is 3.74. The molecule has 1 aromatic rings. The molecule has 3 rings (SSSR count). The highest BCUT2D eigenvalue weighted by atomic mass is 32.1. The van der Waals surface area contributed by atoms with Crippen LogP contribution in [0, 0.1) is 19.3 Å². The van der Waals surface area contributed by atoms with Gasteiger partial charge < -0.3 is 5.32 Å². The molecule has 1 spiro atoms. The number of aryl methyl sites for hydroxylation is 2. The number of thiophene rings is 1. The van der Waals surface area contributed by atoms with Gasteiger partial charge in [0.25, 0.3) is 0 Å². The van der Waals surface area contributed by atoms with Crippen molar-refractivity contribution in [2.75, 3.05) is 0 Å². The third-order valence-corrected chi connectivity index (χ3v) is 6.50. The van der Waals surface area contributed by atoms with Crippen molar-refractivity contribution in [3.63, 3.8) is 0 Å². The fourth-order valence-corrected chi connectivity index (χ4v) is 5.31. The Morgan fingerprint density at radius 1 is 1.21 bits per heavy atom. The van der Waals surface area contributed by atoms with E-state index in [1.54, 1.807) is 0 Å². The van der Waals surface area contributed by atoms with Gasteiger partial charge in [-0.05, 0) is 63.5 Å².